The second-order valence-electron chi connectivity index (χ2n) is 4.68. The summed E-state index contributed by atoms with van der Waals surface area (Å²) in [6, 6.07) is -1.45. The minimum Gasteiger partial charge on any atom is -0.340 e. The van der Waals surface area contributed by atoms with Crippen molar-refractivity contribution in [3.05, 3.63) is 11.7 Å². The van der Waals surface area contributed by atoms with Crippen molar-refractivity contribution in [2.45, 2.75) is 31.8 Å². The molecular formula is C9H12N4O6S. The maximum absolute atomic E-state index is 12.1. The molecule has 0 aliphatic carbocycles. The predicted molar refractivity (Wildman–Crippen MR) is 61.4 cm³/mol. The molecule has 110 valence electrons. The van der Waals surface area contributed by atoms with Crippen molar-refractivity contribution >= 4 is 16.4 Å². The van der Waals surface area contributed by atoms with Crippen LogP contribution in [0.3, 0.4) is 0 Å². The molecule has 1 aromatic heterocycles. The van der Waals surface area contributed by atoms with E-state index in [-0.39, 0.29) is 12.6 Å². The van der Waals surface area contributed by atoms with Gasteiger partial charge in [0, 0.05) is 13.5 Å². The van der Waals surface area contributed by atoms with Crippen molar-refractivity contribution in [1.29, 1.82) is 0 Å². The first kappa shape index (κ1) is 13.3. The number of aryl methyl sites for hydroxylation is 1. The number of amides is 2. The number of piperidine rings is 1. The number of nitrogens with zero attached hydrogens (tertiary/aromatic N) is 4. The van der Waals surface area contributed by atoms with Gasteiger partial charge < -0.3 is 9.42 Å². The topological polar surface area (TPSA) is 126 Å². The first-order valence-corrected chi connectivity index (χ1v) is 7.29. The van der Waals surface area contributed by atoms with Crippen LogP contribution in [-0.4, -0.2) is 51.7 Å². The van der Waals surface area contributed by atoms with Crippen LogP contribution in [0, 0.1) is 6.92 Å². The molecule has 0 radical (unpaired) electrons. The van der Waals surface area contributed by atoms with Gasteiger partial charge in [-0.25, -0.2) is 4.79 Å². The van der Waals surface area contributed by atoms with Gasteiger partial charge in [0.2, 0.25) is 5.89 Å². The fourth-order valence-corrected chi connectivity index (χ4v) is 2.94. The van der Waals surface area contributed by atoms with Gasteiger partial charge in [0.05, 0.1) is 12.1 Å². The van der Waals surface area contributed by atoms with Crippen molar-refractivity contribution in [1.82, 2.24) is 20.1 Å². The summed E-state index contributed by atoms with van der Waals surface area (Å²) in [4.78, 5) is 17.6. The molecule has 2 aliphatic rings. The van der Waals surface area contributed by atoms with E-state index in [4.69, 9.17) is 9.08 Å². The Bertz CT molecular complexity index is 643. The quantitative estimate of drug-likeness (QED) is 0.776. The van der Waals surface area contributed by atoms with E-state index in [1.165, 1.54) is 4.90 Å². The Kier molecular flexibility index (Phi) is 2.92. The van der Waals surface area contributed by atoms with Crippen molar-refractivity contribution < 1.29 is 26.6 Å². The van der Waals surface area contributed by atoms with Crippen molar-refractivity contribution in [2.75, 3.05) is 6.54 Å². The molecule has 20 heavy (non-hydrogen) atoms. The molecule has 2 atom stereocenters. The van der Waals surface area contributed by atoms with Crippen LogP contribution in [0.4, 0.5) is 4.79 Å². The fraction of sp³-hybridized carbons (Fsp3) is 0.667. The van der Waals surface area contributed by atoms with Gasteiger partial charge in [-0.05, 0) is 12.8 Å². The third kappa shape index (κ3) is 2.23. The number of aromatic nitrogens is 2. The molecule has 2 saturated heterocycles. The van der Waals surface area contributed by atoms with Gasteiger partial charge in [-0.15, -0.1) is 4.28 Å². The Morgan fingerprint density at radius 1 is 1.45 bits per heavy atom. The number of rotatable bonds is 3. The third-order valence-corrected chi connectivity index (χ3v) is 3.69. The zero-order valence-corrected chi connectivity index (χ0v) is 11.3. The van der Waals surface area contributed by atoms with E-state index in [1.807, 2.05) is 0 Å². The molecule has 1 aromatic rings. The molecule has 0 unspecified atom stereocenters. The molecule has 0 aromatic carbocycles. The smallest absolute Gasteiger partial charge is 0.340 e. The largest absolute Gasteiger partial charge is 0.418 e. The molecular weight excluding hydrogens is 292 g/mol. The van der Waals surface area contributed by atoms with Gasteiger partial charge in [0.1, 0.15) is 0 Å². The number of hydrogen-bond donors (Lipinski definition) is 1. The molecule has 1 N–H and O–H groups in total. The van der Waals surface area contributed by atoms with E-state index in [2.05, 4.69) is 14.4 Å². The molecule has 2 amide bonds. The van der Waals surface area contributed by atoms with Crippen LogP contribution < -0.4 is 0 Å². The number of urea groups is 1. The number of hydrogen-bond acceptors (Lipinski definition) is 7. The summed E-state index contributed by atoms with van der Waals surface area (Å²) >= 11 is 0. The zero-order valence-electron chi connectivity index (χ0n) is 10.5. The zero-order chi connectivity index (χ0) is 14.5. The second-order valence-corrected chi connectivity index (χ2v) is 5.69. The lowest BCUT2D eigenvalue weighted by Crippen LogP contribution is -2.35. The fourth-order valence-electron chi connectivity index (χ4n) is 2.55. The highest BCUT2D eigenvalue weighted by Gasteiger charge is 2.48. The van der Waals surface area contributed by atoms with E-state index in [9.17, 15) is 13.2 Å². The van der Waals surface area contributed by atoms with Crippen molar-refractivity contribution in [2.24, 2.45) is 0 Å². The molecule has 3 rings (SSSR count). The summed E-state index contributed by atoms with van der Waals surface area (Å²) in [5.41, 5.74) is 0. The highest BCUT2D eigenvalue weighted by Crippen LogP contribution is 2.37. The summed E-state index contributed by atoms with van der Waals surface area (Å²) in [6.07, 6.45) is 1.07. The first-order chi connectivity index (χ1) is 9.35. The minimum atomic E-state index is -4.73. The van der Waals surface area contributed by atoms with Gasteiger partial charge >= 0.3 is 16.4 Å². The molecule has 10 nitrogen and oxygen atoms in total. The van der Waals surface area contributed by atoms with Crippen LogP contribution in [0.1, 0.15) is 30.6 Å². The summed E-state index contributed by atoms with van der Waals surface area (Å²) in [6.45, 7) is 1.92. The molecule has 11 heteroatoms. The highest BCUT2D eigenvalue weighted by molar-refractivity contribution is 7.80. The highest BCUT2D eigenvalue weighted by atomic mass is 32.3. The lowest BCUT2D eigenvalue weighted by molar-refractivity contribution is -0.0317. The number of carbonyl (C=O) groups is 1. The van der Waals surface area contributed by atoms with E-state index in [0.29, 0.717) is 29.6 Å². The predicted octanol–water partition coefficient (Wildman–Crippen LogP) is 0.0535. The van der Waals surface area contributed by atoms with Gasteiger partial charge in [0.25, 0.3) is 0 Å². The Morgan fingerprint density at radius 3 is 2.80 bits per heavy atom. The molecule has 2 fully saturated rings. The molecule has 0 saturated carbocycles. The summed E-state index contributed by atoms with van der Waals surface area (Å²) in [7, 11) is -4.73. The Labute approximate surface area is 114 Å². The minimum absolute atomic E-state index is 0.284. The SMILES string of the molecule is Cc1nc([C@H]2CC[C@@H]3CN2C(=O)N3OS(=O)(=O)O)no1. The lowest BCUT2D eigenvalue weighted by Gasteiger charge is -2.27. The average Bonchev–Trinajstić information content (AvgIpc) is 2.88. The molecule has 2 aliphatic heterocycles. The van der Waals surface area contributed by atoms with E-state index < -0.39 is 22.5 Å². The van der Waals surface area contributed by atoms with Crippen LogP contribution in [-0.2, 0) is 14.7 Å². The monoisotopic (exact) mass is 304 g/mol. The number of fused-ring (bicyclic) bond motifs is 2. The van der Waals surface area contributed by atoms with Crippen LogP contribution in [0.2, 0.25) is 0 Å². The third-order valence-electron chi connectivity index (χ3n) is 3.34. The maximum atomic E-state index is 12.1. The van der Waals surface area contributed by atoms with Gasteiger partial charge in [-0.1, -0.05) is 5.16 Å². The van der Waals surface area contributed by atoms with E-state index >= 15 is 0 Å². The normalized spacial score (nSPS) is 26.4. The summed E-state index contributed by atoms with van der Waals surface area (Å²) < 4.78 is 39.4. The Balaban J connectivity index is 1.84. The Morgan fingerprint density at radius 2 is 2.20 bits per heavy atom. The van der Waals surface area contributed by atoms with Crippen LogP contribution in [0.25, 0.3) is 0 Å². The lowest BCUT2D eigenvalue weighted by atomic mass is 10.0. The summed E-state index contributed by atoms with van der Waals surface area (Å²) in [5, 5.41) is 4.47. The van der Waals surface area contributed by atoms with Crippen LogP contribution in [0.5, 0.6) is 0 Å². The average molecular weight is 304 g/mol. The second kappa shape index (κ2) is 4.40. The molecule has 2 bridgehead atoms. The van der Waals surface area contributed by atoms with Crippen molar-refractivity contribution in [3.63, 3.8) is 0 Å². The van der Waals surface area contributed by atoms with Crippen LogP contribution >= 0.6 is 0 Å². The van der Waals surface area contributed by atoms with Gasteiger partial charge in [-0.2, -0.15) is 18.5 Å². The number of hydroxylamine groups is 2. The summed E-state index contributed by atoms with van der Waals surface area (Å²) in [5.74, 6) is 0.766. The molecule has 0 spiro atoms. The van der Waals surface area contributed by atoms with E-state index in [1.54, 1.807) is 6.92 Å². The maximum Gasteiger partial charge on any atom is 0.418 e. The van der Waals surface area contributed by atoms with Gasteiger partial charge in [-0.3, -0.25) is 4.55 Å². The number of carbonyl (C=O) groups excluding carboxylic acids is 1. The van der Waals surface area contributed by atoms with Crippen LogP contribution in [0.15, 0.2) is 4.52 Å². The molecule has 3 heterocycles. The van der Waals surface area contributed by atoms with Crippen molar-refractivity contribution in [3.8, 4) is 0 Å². The Hall–Kier alpha value is -1.72. The first-order valence-electron chi connectivity index (χ1n) is 5.92. The van der Waals surface area contributed by atoms with E-state index in [0.717, 1.165) is 0 Å². The van der Waals surface area contributed by atoms with Gasteiger partial charge in [0.15, 0.2) is 5.82 Å². The standard InChI is InChI=1S/C9H12N4O6S/c1-5-10-8(11-18-5)7-3-2-6-4-12(7)9(14)13(6)19-20(15,16)17/h6-7H,2-4H2,1H3,(H,15,16,17)/t6-,7-/m1/s1.